The van der Waals surface area contributed by atoms with Crippen LogP contribution in [0.25, 0.3) is 5.69 Å². The maximum Gasteiger partial charge on any atom is 0.253 e. The van der Waals surface area contributed by atoms with Crippen LogP contribution in [0, 0.1) is 13.8 Å². The van der Waals surface area contributed by atoms with Gasteiger partial charge in [0.25, 0.3) is 5.91 Å². The van der Waals surface area contributed by atoms with Gasteiger partial charge < -0.3 is 9.64 Å². The molecule has 1 aromatic carbocycles. The number of hydrogen-bond acceptors (Lipinski definition) is 3. The van der Waals surface area contributed by atoms with Gasteiger partial charge in [0.15, 0.2) is 0 Å². The number of aryl methyl sites for hydroxylation is 1. The number of hydrogen-bond donors (Lipinski definition) is 0. The van der Waals surface area contributed by atoms with Crippen LogP contribution in [0.5, 0.6) is 0 Å². The topological polar surface area (TPSA) is 47.4 Å². The summed E-state index contributed by atoms with van der Waals surface area (Å²) >= 11 is 3.56. The largest absolute Gasteiger partial charge is 0.375 e. The quantitative estimate of drug-likeness (QED) is 0.677. The number of aromatic nitrogens is 2. The smallest absolute Gasteiger partial charge is 0.253 e. The van der Waals surface area contributed by atoms with Crippen LogP contribution in [0.1, 0.15) is 60.3 Å². The van der Waals surface area contributed by atoms with E-state index in [4.69, 9.17) is 4.74 Å². The number of rotatable bonds is 4. The van der Waals surface area contributed by atoms with Gasteiger partial charge in [-0.3, -0.25) is 4.79 Å². The summed E-state index contributed by atoms with van der Waals surface area (Å²) < 4.78 is 9.15. The number of benzene rings is 1. The lowest BCUT2D eigenvalue weighted by Crippen LogP contribution is -2.41. The second-order valence-corrected chi connectivity index (χ2v) is 8.77. The van der Waals surface area contributed by atoms with Crippen LogP contribution >= 0.6 is 15.9 Å². The fourth-order valence-corrected chi connectivity index (χ4v) is 4.54. The van der Waals surface area contributed by atoms with Crippen LogP contribution in [0.3, 0.4) is 0 Å². The van der Waals surface area contributed by atoms with Crippen molar-refractivity contribution in [2.45, 2.75) is 64.6 Å². The molecule has 1 aliphatic heterocycles. The van der Waals surface area contributed by atoms with Crippen molar-refractivity contribution < 1.29 is 9.53 Å². The highest BCUT2D eigenvalue weighted by Gasteiger charge is 2.27. The van der Waals surface area contributed by atoms with Gasteiger partial charge in [-0.1, -0.05) is 12.8 Å². The van der Waals surface area contributed by atoms with Gasteiger partial charge in [-0.05, 0) is 79.7 Å². The van der Waals surface area contributed by atoms with E-state index in [1.807, 2.05) is 47.7 Å². The van der Waals surface area contributed by atoms with Gasteiger partial charge in [0, 0.05) is 18.7 Å². The molecule has 28 heavy (non-hydrogen) atoms. The van der Waals surface area contributed by atoms with Crippen molar-refractivity contribution in [3.8, 4) is 5.69 Å². The Morgan fingerprint density at radius 1 is 1.04 bits per heavy atom. The van der Waals surface area contributed by atoms with Gasteiger partial charge in [0.2, 0.25) is 0 Å². The first-order valence-electron chi connectivity index (χ1n) is 10.3. The minimum Gasteiger partial charge on any atom is -0.375 e. The maximum absolute atomic E-state index is 12.9. The van der Waals surface area contributed by atoms with Crippen molar-refractivity contribution in [3.63, 3.8) is 0 Å². The number of halogens is 1. The molecule has 2 aromatic rings. The number of amides is 1. The lowest BCUT2D eigenvalue weighted by Gasteiger charge is -2.33. The van der Waals surface area contributed by atoms with E-state index in [1.165, 1.54) is 25.7 Å². The van der Waals surface area contributed by atoms with Crippen LogP contribution in [-0.4, -0.2) is 45.9 Å². The Morgan fingerprint density at radius 3 is 2.21 bits per heavy atom. The summed E-state index contributed by atoms with van der Waals surface area (Å²) in [6.45, 7) is 5.57. The Labute approximate surface area is 175 Å². The molecule has 2 fully saturated rings. The minimum absolute atomic E-state index is 0.111. The Morgan fingerprint density at radius 2 is 1.64 bits per heavy atom. The molecule has 2 heterocycles. The van der Waals surface area contributed by atoms with Gasteiger partial charge >= 0.3 is 0 Å². The lowest BCUT2D eigenvalue weighted by molar-refractivity contribution is -0.0357. The van der Waals surface area contributed by atoms with Gasteiger partial charge in [-0.25, -0.2) is 4.68 Å². The molecule has 5 nitrogen and oxygen atoms in total. The number of carbonyl (C=O) groups excluding carboxylic acids is 1. The standard InChI is InChI=1S/C22H28BrN3O2/c1-15-21(23)16(2)26(24-15)18-9-7-17(8-10-18)22(27)25-13-11-20(12-14-25)28-19-5-3-4-6-19/h7-10,19-20H,3-6,11-14H2,1-2H3. The van der Waals surface area contributed by atoms with Gasteiger partial charge in [0.1, 0.15) is 0 Å². The number of nitrogens with zero attached hydrogens (tertiary/aromatic N) is 3. The summed E-state index contributed by atoms with van der Waals surface area (Å²) in [7, 11) is 0. The highest BCUT2D eigenvalue weighted by molar-refractivity contribution is 9.10. The number of ether oxygens (including phenoxy) is 1. The first-order valence-corrected chi connectivity index (χ1v) is 11.1. The molecular formula is C22H28BrN3O2. The average Bonchev–Trinajstić information content (AvgIpc) is 3.32. The van der Waals surface area contributed by atoms with Crippen LogP contribution < -0.4 is 0 Å². The molecule has 2 aliphatic rings. The van der Waals surface area contributed by atoms with Crippen molar-refractivity contribution in [1.29, 1.82) is 0 Å². The Kier molecular flexibility index (Phi) is 5.88. The maximum atomic E-state index is 12.9. The molecule has 1 saturated heterocycles. The zero-order valence-corrected chi connectivity index (χ0v) is 18.2. The molecule has 0 radical (unpaired) electrons. The minimum atomic E-state index is 0.111. The van der Waals surface area contributed by atoms with E-state index in [0.29, 0.717) is 12.2 Å². The summed E-state index contributed by atoms with van der Waals surface area (Å²) in [5.74, 6) is 0.111. The van der Waals surface area contributed by atoms with Crippen LogP contribution in [-0.2, 0) is 4.74 Å². The van der Waals surface area contributed by atoms with Crippen molar-refractivity contribution in [2.24, 2.45) is 0 Å². The number of likely N-dealkylation sites (tertiary alicyclic amines) is 1. The Balaban J connectivity index is 1.37. The fraction of sp³-hybridized carbons (Fsp3) is 0.545. The molecule has 150 valence electrons. The zero-order valence-electron chi connectivity index (χ0n) is 16.7. The highest BCUT2D eigenvalue weighted by atomic mass is 79.9. The molecule has 1 saturated carbocycles. The third kappa shape index (κ3) is 4.03. The molecule has 0 unspecified atom stereocenters. The van der Waals surface area contributed by atoms with Gasteiger partial charge in [0.05, 0.1) is 33.8 Å². The molecule has 0 spiro atoms. The Hall–Kier alpha value is -1.66. The summed E-state index contributed by atoms with van der Waals surface area (Å²) in [6, 6.07) is 7.75. The zero-order chi connectivity index (χ0) is 19.7. The lowest BCUT2D eigenvalue weighted by atomic mass is 10.1. The van der Waals surface area contributed by atoms with E-state index < -0.39 is 0 Å². The summed E-state index contributed by atoms with van der Waals surface area (Å²) in [6.07, 6.45) is 7.67. The van der Waals surface area contributed by atoms with E-state index in [-0.39, 0.29) is 5.91 Å². The van der Waals surface area contributed by atoms with Crippen LogP contribution in [0.15, 0.2) is 28.7 Å². The summed E-state index contributed by atoms with van der Waals surface area (Å²) in [5, 5.41) is 4.56. The first kappa shape index (κ1) is 19.6. The molecule has 0 bridgehead atoms. The van der Waals surface area contributed by atoms with Gasteiger partial charge in [-0.15, -0.1) is 0 Å². The summed E-state index contributed by atoms with van der Waals surface area (Å²) in [4.78, 5) is 14.8. The monoisotopic (exact) mass is 445 g/mol. The molecule has 1 aliphatic carbocycles. The molecule has 4 rings (SSSR count). The Bertz CT molecular complexity index is 832. The second kappa shape index (κ2) is 8.37. The third-order valence-electron chi connectivity index (χ3n) is 5.98. The SMILES string of the molecule is Cc1nn(-c2ccc(C(=O)N3CCC(OC4CCCC4)CC3)cc2)c(C)c1Br. The van der Waals surface area contributed by atoms with E-state index in [1.54, 1.807) is 0 Å². The van der Waals surface area contributed by atoms with Crippen LogP contribution in [0.2, 0.25) is 0 Å². The molecule has 0 atom stereocenters. The van der Waals surface area contributed by atoms with Crippen molar-refractivity contribution >= 4 is 21.8 Å². The predicted octanol–water partition coefficient (Wildman–Crippen LogP) is 4.82. The molecule has 6 heteroatoms. The van der Waals surface area contributed by atoms with Crippen LogP contribution in [0.4, 0.5) is 0 Å². The summed E-state index contributed by atoms with van der Waals surface area (Å²) in [5.41, 5.74) is 3.72. The first-order chi connectivity index (χ1) is 13.5. The van der Waals surface area contributed by atoms with E-state index >= 15 is 0 Å². The van der Waals surface area contributed by atoms with E-state index in [2.05, 4.69) is 21.0 Å². The highest BCUT2D eigenvalue weighted by Crippen LogP contribution is 2.26. The number of carbonyl (C=O) groups is 1. The second-order valence-electron chi connectivity index (χ2n) is 7.98. The molecule has 0 N–H and O–H groups in total. The molecule has 1 amide bonds. The average molecular weight is 446 g/mol. The molecular weight excluding hydrogens is 418 g/mol. The van der Waals surface area contributed by atoms with Crippen molar-refractivity contribution in [3.05, 3.63) is 45.7 Å². The van der Waals surface area contributed by atoms with Crippen molar-refractivity contribution in [2.75, 3.05) is 13.1 Å². The third-order valence-corrected chi connectivity index (χ3v) is 7.13. The van der Waals surface area contributed by atoms with Gasteiger partial charge in [-0.2, -0.15) is 5.10 Å². The molecule has 1 aromatic heterocycles. The van der Waals surface area contributed by atoms with E-state index in [9.17, 15) is 4.79 Å². The predicted molar refractivity (Wildman–Crippen MR) is 113 cm³/mol. The van der Waals surface area contributed by atoms with Crippen molar-refractivity contribution in [1.82, 2.24) is 14.7 Å². The normalized spacial score (nSPS) is 18.8. The fourth-order valence-electron chi connectivity index (χ4n) is 4.29. The number of piperidine rings is 1. The van der Waals surface area contributed by atoms with E-state index in [0.717, 1.165) is 53.0 Å².